The maximum Gasteiger partial charge on any atom is 0.241 e. The lowest BCUT2D eigenvalue weighted by molar-refractivity contribution is -0.127. The van der Waals surface area contributed by atoms with Gasteiger partial charge in [-0.3, -0.25) is 4.79 Å². The van der Waals surface area contributed by atoms with Gasteiger partial charge < -0.3 is 25.0 Å². The second-order valence-corrected chi connectivity index (χ2v) is 6.27. The molecule has 0 atom stereocenters. The Kier molecular flexibility index (Phi) is 11.8. The fourth-order valence-electron chi connectivity index (χ4n) is 1.94. The number of benzene rings is 1. The highest BCUT2D eigenvalue weighted by molar-refractivity contribution is 14.0. The number of carbonyl (C=O) groups is 1. The van der Waals surface area contributed by atoms with Crippen molar-refractivity contribution in [2.75, 3.05) is 41.4 Å². The van der Waals surface area contributed by atoms with Crippen molar-refractivity contribution in [3.05, 3.63) is 23.8 Å². The molecule has 2 N–H and O–H groups in total. The zero-order chi connectivity index (χ0) is 18.8. The van der Waals surface area contributed by atoms with E-state index in [-0.39, 0.29) is 36.4 Å². The highest BCUT2D eigenvalue weighted by Gasteiger charge is 2.08. The third-order valence-electron chi connectivity index (χ3n) is 3.45. The molecule has 0 spiro atoms. The Labute approximate surface area is 173 Å². The van der Waals surface area contributed by atoms with Crippen LogP contribution in [0, 0.1) is 5.92 Å². The van der Waals surface area contributed by atoms with E-state index in [1.54, 1.807) is 33.2 Å². The molecule has 148 valence electrons. The number of hydrogen-bond acceptors (Lipinski definition) is 4. The SMILES string of the molecule is COc1ccc(CN=C(NCC(=O)N(C)C)NCC(C)C)cc1OC.I. The predicted molar refractivity (Wildman–Crippen MR) is 116 cm³/mol. The van der Waals surface area contributed by atoms with Gasteiger partial charge in [-0.05, 0) is 23.6 Å². The quantitative estimate of drug-likeness (QED) is 0.340. The number of nitrogens with one attached hydrogen (secondary N) is 2. The number of methoxy groups -OCH3 is 2. The van der Waals surface area contributed by atoms with Crippen molar-refractivity contribution >= 4 is 35.8 Å². The van der Waals surface area contributed by atoms with Gasteiger partial charge in [0.2, 0.25) is 5.91 Å². The second-order valence-electron chi connectivity index (χ2n) is 6.27. The first kappa shape index (κ1) is 24.3. The summed E-state index contributed by atoms with van der Waals surface area (Å²) < 4.78 is 10.6. The molecule has 0 bridgehead atoms. The van der Waals surface area contributed by atoms with Crippen molar-refractivity contribution in [2.24, 2.45) is 10.9 Å². The number of ether oxygens (including phenoxy) is 2. The van der Waals surface area contributed by atoms with E-state index in [4.69, 9.17) is 9.47 Å². The number of carbonyl (C=O) groups excluding carboxylic acids is 1. The molecule has 0 aliphatic carbocycles. The Morgan fingerprint density at radius 2 is 1.81 bits per heavy atom. The van der Waals surface area contributed by atoms with Crippen LogP contribution in [0.1, 0.15) is 19.4 Å². The minimum absolute atomic E-state index is 0. The summed E-state index contributed by atoms with van der Waals surface area (Å²) in [6.07, 6.45) is 0. The number of halogens is 1. The molecular formula is C18H31IN4O3. The van der Waals surface area contributed by atoms with Gasteiger partial charge in [0.1, 0.15) is 0 Å². The fourth-order valence-corrected chi connectivity index (χ4v) is 1.94. The summed E-state index contributed by atoms with van der Waals surface area (Å²) in [6, 6.07) is 5.69. The summed E-state index contributed by atoms with van der Waals surface area (Å²) in [7, 11) is 6.67. The first-order valence-electron chi connectivity index (χ1n) is 8.30. The van der Waals surface area contributed by atoms with Gasteiger partial charge in [-0.2, -0.15) is 0 Å². The largest absolute Gasteiger partial charge is 0.493 e. The van der Waals surface area contributed by atoms with Gasteiger partial charge in [-0.1, -0.05) is 19.9 Å². The van der Waals surface area contributed by atoms with Crippen LogP contribution in [-0.4, -0.2) is 58.2 Å². The van der Waals surface area contributed by atoms with E-state index in [2.05, 4.69) is 29.5 Å². The van der Waals surface area contributed by atoms with Crippen molar-refractivity contribution in [1.29, 1.82) is 0 Å². The number of likely N-dealkylation sites (N-methyl/N-ethyl adjacent to an activating group) is 1. The molecule has 0 aliphatic heterocycles. The van der Waals surface area contributed by atoms with Gasteiger partial charge in [-0.15, -0.1) is 24.0 Å². The van der Waals surface area contributed by atoms with Gasteiger partial charge in [-0.25, -0.2) is 4.99 Å². The lowest BCUT2D eigenvalue weighted by atomic mass is 10.2. The lowest BCUT2D eigenvalue weighted by Gasteiger charge is -2.16. The molecule has 0 saturated heterocycles. The van der Waals surface area contributed by atoms with Gasteiger partial charge >= 0.3 is 0 Å². The van der Waals surface area contributed by atoms with Crippen molar-refractivity contribution in [3.8, 4) is 11.5 Å². The fraction of sp³-hybridized carbons (Fsp3) is 0.556. The molecule has 0 fully saturated rings. The Balaban J connectivity index is 0.00000625. The topological polar surface area (TPSA) is 75.2 Å². The summed E-state index contributed by atoms with van der Waals surface area (Å²) in [6.45, 7) is 5.66. The molecule has 1 aromatic rings. The molecular weight excluding hydrogens is 447 g/mol. The number of rotatable bonds is 8. The maximum absolute atomic E-state index is 11.8. The molecule has 26 heavy (non-hydrogen) atoms. The smallest absolute Gasteiger partial charge is 0.241 e. The Morgan fingerprint density at radius 3 is 2.35 bits per heavy atom. The van der Waals surface area contributed by atoms with Gasteiger partial charge in [0, 0.05) is 20.6 Å². The van der Waals surface area contributed by atoms with Crippen molar-refractivity contribution in [3.63, 3.8) is 0 Å². The molecule has 0 aromatic heterocycles. The number of nitrogens with zero attached hydrogens (tertiary/aromatic N) is 2. The number of aliphatic imine (C=N–C) groups is 1. The average molecular weight is 478 g/mol. The zero-order valence-electron chi connectivity index (χ0n) is 16.5. The number of hydrogen-bond donors (Lipinski definition) is 2. The van der Waals surface area contributed by atoms with Crippen LogP contribution in [0.15, 0.2) is 23.2 Å². The van der Waals surface area contributed by atoms with Crippen LogP contribution in [0.2, 0.25) is 0 Å². The summed E-state index contributed by atoms with van der Waals surface area (Å²) in [5.41, 5.74) is 0.988. The molecule has 0 unspecified atom stereocenters. The van der Waals surface area contributed by atoms with E-state index >= 15 is 0 Å². The van der Waals surface area contributed by atoms with E-state index in [9.17, 15) is 4.79 Å². The van der Waals surface area contributed by atoms with E-state index in [1.165, 1.54) is 0 Å². The number of amides is 1. The van der Waals surface area contributed by atoms with Crippen LogP contribution in [-0.2, 0) is 11.3 Å². The van der Waals surface area contributed by atoms with Crippen LogP contribution >= 0.6 is 24.0 Å². The van der Waals surface area contributed by atoms with E-state index in [0.717, 1.165) is 12.1 Å². The van der Waals surface area contributed by atoms with Gasteiger partial charge in [0.05, 0.1) is 27.3 Å². The normalized spacial score (nSPS) is 10.8. The minimum atomic E-state index is -0.00911. The highest BCUT2D eigenvalue weighted by Crippen LogP contribution is 2.27. The minimum Gasteiger partial charge on any atom is -0.493 e. The summed E-state index contributed by atoms with van der Waals surface area (Å²) >= 11 is 0. The predicted octanol–water partition coefficient (Wildman–Crippen LogP) is 2.10. The lowest BCUT2D eigenvalue weighted by Crippen LogP contribution is -2.44. The van der Waals surface area contributed by atoms with Crippen molar-refractivity contribution < 1.29 is 14.3 Å². The van der Waals surface area contributed by atoms with Crippen LogP contribution < -0.4 is 20.1 Å². The van der Waals surface area contributed by atoms with Crippen LogP contribution in [0.4, 0.5) is 0 Å². The molecule has 1 amide bonds. The summed E-state index contributed by atoms with van der Waals surface area (Å²) in [5.74, 6) is 2.42. The molecule has 0 aliphatic rings. The summed E-state index contributed by atoms with van der Waals surface area (Å²) in [5, 5.41) is 6.32. The van der Waals surface area contributed by atoms with Crippen LogP contribution in [0.3, 0.4) is 0 Å². The molecule has 1 rings (SSSR count). The first-order valence-corrected chi connectivity index (χ1v) is 8.30. The van der Waals surface area contributed by atoms with Crippen LogP contribution in [0.25, 0.3) is 0 Å². The van der Waals surface area contributed by atoms with Gasteiger partial charge in [0.25, 0.3) is 0 Å². The molecule has 8 heteroatoms. The number of guanidine groups is 1. The molecule has 7 nitrogen and oxygen atoms in total. The van der Waals surface area contributed by atoms with Crippen LogP contribution in [0.5, 0.6) is 11.5 Å². The van der Waals surface area contributed by atoms with Crippen molar-refractivity contribution in [2.45, 2.75) is 20.4 Å². The third kappa shape index (κ3) is 8.59. The first-order chi connectivity index (χ1) is 11.9. The Bertz CT molecular complexity index is 592. The highest BCUT2D eigenvalue weighted by atomic mass is 127. The van der Waals surface area contributed by atoms with E-state index < -0.39 is 0 Å². The van der Waals surface area contributed by atoms with Gasteiger partial charge in [0.15, 0.2) is 17.5 Å². The van der Waals surface area contributed by atoms with Crippen molar-refractivity contribution in [1.82, 2.24) is 15.5 Å². The molecule has 1 aromatic carbocycles. The third-order valence-corrected chi connectivity index (χ3v) is 3.45. The molecule has 0 heterocycles. The standard InChI is InChI=1S/C18H30N4O3.HI/c1-13(2)10-19-18(21-12-17(23)22(3)4)20-11-14-7-8-15(24-5)16(9-14)25-6;/h7-9,13H,10-12H2,1-6H3,(H2,19,20,21);1H. The molecule has 0 saturated carbocycles. The Hall–Kier alpha value is -1.71. The van der Waals surface area contributed by atoms with E-state index in [1.807, 2.05) is 18.2 Å². The molecule has 0 radical (unpaired) electrons. The Morgan fingerprint density at radius 1 is 1.15 bits per heavy atom. The maximum atomic E-state index is 11.8. The zero-order valence-corrected chi connectivity index (χ0v) is 18.8. The average Bonchev–Trinajstić information content (AvgIpc) is 2.59. The van der Waals surface area contributed by atoms with E-state index in [0.29, 0.717) is 29.9 Å². The second kappa shape index (κ2) is 12.6. The monoisotopic (exact) mass is 478 g/mol. The summed E-state index contributed by atoms with van der Waals surface area (Å²) in [4.78, 5) is 17.9.